The van der Waals surface area contributed by atoms with Gasteiger partial charge in [0.15, 0.2) is 11.6 Å². The summed E-state index contributed by atoms with van der Waals surface area (Å²) in [6.45, 7) is 0. The molecule has 0 aliphatic carbocycles. The number of nitrogens with one attached hydrogen (secondary N) is 2. The first-order chi connectivity index (χ1) is 17.0. The van der Waals surface area contributed by atoms with E-state index >= 15 is 0 Å². The van der Waals surface area contributed by atoms with Crippen molar-refractivity contribution in [2.75, 3.05) is 10.7 Å². The molecule has 0 aliphatic rings. The quantitative estimate of drug-likeness (QED) is 0.190. The van der Waals surface area contributed by atoms with Crippen LogP contribution in [0.15, 0.2) is 68.7 Å². The smallest absolute Gasteiger partial charge is 0.335 e. The lowest BCUT2D eigenvalue weighted by Crippen LogP contribution is -2.03. The molecule has 35 heavy (non-hydrogen) atoms. The maximum atomic E-state index is 11.2. The molecule has 0 unspecified atom stereocenters. The second kappa shape index (κ2) is 9.41. The summed E-state index contributed by atoms with van der Waals surface area (Å²) in [7, 11) is 0. The number of hydrazone groups is 1. The normalized spacial score (nSPS) is 11.3. The number of rotatable bonds is 7. The van der Waals surface area contributed by atoms with Crippen LogP contribution < -0.4 is 10.7 Å². The van der Waals surface area contributed by atoms with Crippen LogP contribution in [0.5, 0.6) is 0 Å². The van der Waals surface area contributed by atoms with Crippen molar-refractivity contribution >= 4 is 64.0 Å². The summed E-state index contributed by atoms with van der Waals surface area (Å²) in [6, 6.07) is 14.8. The van der Waals surface area contributed by atoms with Gasteiger partial charge in [-0.1, -0.05) is 35.3 Å². The van der Waals surface area contributed by atoms with Crippen LogP contribution in [0.25, 0.3) is 22.6 Å². The number of carbonyl (C=O) groups is 1. The third kappa shape index (κ3) is 4.90. The molecule has 2 aromatic carbocycles. The Hall–Kier alpha value is -4.48. The van der Waals surface area contributed by atoms with Crippen LogP contribution in [0, 0.1) is 0 Å². The van der Waals surface area contributed by atoms with Gasteiger partial charge >= 0.3 is 5.97 Å². The second-order valence-electron chi connectivity index (χ2n) is 7.04. The molecule has 0 fully saturated rings. The fraction of sp³-hybridized carbons (Fsp3) is 0. The molecule has 3 N–H and O–H groups in total. The number of hydrogen-bond donors (Lipinski definition) is 3. The summed E-state index contributed by atoms with van der Waals surface area (Å²) in [5.41, 5.74) is 4.56. The zero-order valence-electron chi connectivity index (χ0n) is 17.4. The Kier molecular flexibility index (Phi) is 6.00. The van der Waals surface area contributed by atoms with Gasteiger partial charge in [-0.3, -0.25) is 5.43 Å². The Labute approximate surface area is 206 Å². The summed E-state index contributed by atoms with van der Waals surface area (Å²) in [5, 5.41) is 24.6. The third-order valence-electron chi connectivity index (χ3n) is 4.68. The number of halogens is 2. The fourth-order valence-corrected chi connectivity index (χ4v) is 3.35. The Balaban J connectivity index is 1.37. The molecule has 0 amide bonds. The van der Waals surface area contributed by atoms with Crippen LogP contribution >= 0.6 is 23.2 Å². The number of carboxylic acid groups (broad SMARTS) is 1. The highest BCUT2D eigenvalue weighted by Gasteiger charge is 2.14. The van der Waals surface area contributed by atoms with E-state index in [4.69, 9.17) is 32.2 Å². The molecule has 0 atom stereocenters. The first-order valence-corrected chi connectivity index (χ1v) is 10.7. The Morgan fingerprint density at radius 2 is 1.77 bits per heavy atom. The molecule has 11 nitrogen and oxygen atoms in total. The van der Waals surface area contributed by atoms with Crippen molar-refractivity contribution in [3.05, 3.63) is 76.0 Å². The molecule has 0 bridgehead atoms. The zero-order chi connectivity index (χ0) is 24.4. The summed E-state index contributed by atoms with van der Waals surface area (Å²) in [5.74, 6) is 0.414. The number of fused-ring (bicyclic) bond motifs is 1. The highest BCUT2D eigenvalue weighted by atomic mass is 35.5. The van der Waals surface area contributed by atoms with Gasteiger partial charge < -0.3 is 14.8 Å². The molecule has 174 valence electrons. The predicted molar refractivity (Wildman–Crippen MR) is 129 cm³/mol. The number of anilines is 3. The number of furan rings is 1. The van der Waals surface area contributed by atoms with Gasteiger partial charge in [-0.15, -0.1) is 0 Å². The molecule has 0 saturated carbocycles. The molecule has 0 saturated heterocycles. The van der Waals surface area contributed by atoms with Gasteiger partial charge in [0.25, 0.3) is 0 Å². The van der Waals surface area contributed by atoms with Crippen molar-refractivity contribution in [2.24, 2.45) is 5.10 Å². The maximum Gasteiger partial charge on any atom is 0.335 e. The topological polar surface area (TPSA) is 152 Å². The van der Waals surface area contributed by atoms with Gasteiger partial charge in [-0.2, -0.15) is 10.1 Å². The number of nitrogens with zero attached hydrogens (tertiary/aromatic N) is 5. The van der Waals surface area contributed by atoms with Crippen LogP contribution in [0.2, 0.25) is 10.0 Å². The van der Waals surface area contributed by atoms with Gasteiger partial charge in [0, 0.05) is 11.3 Å². The first kappa shape index (κ1) is 22.3. The molecule has 0 spiro atoms. The van der Waals surface area contributed by atoms with E-state index in [-0.39, 0.29) is 28.5 Å². The highest BCUT2D eigenvalue weighted by molar-refractivity contribution is 6.42. The number of benzene rings is 2. The molecular weight excluding hydrogens is 497 g/mol. The lowest BCUT2D eigenvalue weighted by molar-refractivity contribution is 0.0697. The Morgan fingerprint density at radius 3 is 2.54 bits per heavy atom. The van der Waals surface area contributed by atoms with Crippen molar-refractivity contribution in [1.82, 2.24) is 20.3 Å². The number of hydrogen-bond acceptors (Lipinski definition) is 10. The number of aromatic carboxylic acids is 1. The Bertz CT molecular complexity index is 1580. The molecular formula is C22H13Cl2N7O4. The van der Waals surface area contributed by atoms with Crippen LogP contribution in [0.4, 0.5) is 17.3 Å². The SMILES string of the molecule is O=C(O)c1cccc(-c2ccc(C=NNc3nc4nonc4nc3Nc3ccc(Cl)c(Cl)c3)o2)c1. The van der Waals surface area contributed by atoms with Crippen LogP contribution in [0.3, 0.4) is 0 Å². The van der Waals surface area contributed by atoms with Gasteiger partial charge in [0.1, 0.15) is 11.5 Å². The largest absolute Gasteiger partial charge is 0.478 e. The van der Waals surface area contributed by atoms with Crippen molar-refractivity contribution in [3.63, 3.8) is 0 Å². The van der Waals surface area contributed by atoms with Crippen LogP contribution in [0.1, 0.15) is 16.1 Å². The first-order valence-electron chi connectivity index (χ1n) is 9.91. The van der Waals surface area contributed by atoms with Gasteiger partial charge in [0.05, 0.1) is 21.8 Å². The second-order valence-corrected chi connectivity index (χ2v) is 7.86. The summed E-state index contributed by atoms with van der Waals surface area (Å²) >= 11 is 12.1. The molecule has 3 aromatic heterocycles. The lowest BCUT2D eigenvalue weighted by atomic mass is 10.1. The molecule has 5 rings (SSSR count). The summed E-state index contributed by atoms with van der Waals surface area (Å²) in [4.78, 5) is 19.9. The lowest BCUT2D eigenvalue weighted by Gasteiger charge is -2.09. The molecule has 0 aliphatic heterocycles. The third-order valence-corrected chi connectivity index (χ3v) is 5.42. The average Bonchev–Trinajstić information content (AvgIpc) is 3.51. The highest BCUT2D eigenvalue weighted by Crippen LogP contribution is 2.29. The van der Waals surface area contributed by atoms with Crippen molar-refractivity contribution in [2.45, 2.75) is 0 Å². The van der Waals surface area contributed by atoms with E-state index in [9.17, 15) is 9.90 Å². The fourth-order valence-electron chi connectivity index (χ4n) is 3.05. The predicted octanol–water partition coefficient (Wildman–Crippen LogP) is 5.47. The van der Waals surface area contributed by atoms with Gasteiger partial charge in [-0.05, 0) is 52.8 Å². The molecule has 3 heterocycles. The molecule has 13 heteroatoms. The minimum absolute atomic E-state index is 0.161. The standard InChI is InChI=1S/C22H13Cl2N7O4/c23-15-6-4-13(9-16(15)24)26-18-19(28-21-20(27-18)30-35-31-21)29-25-10-14-5-7-17(34-14)11-2-1-3-12(8-11)22(32)33/h1-10H,(H,32,33)(H,26,27,30)(H,28,29,31). The van der Waals surface area contributed by atoms with E-state index in [0.29, 0.717) is 32.8 Å². The zero-order valence-corrected chi connectivity index (χ0v) is 18.9. The molecule has 0 radical (unpaired) electrons. The average molecular weight is 510 g/mol. The van der Waals surface area contributed by atoms with E-state index in [0.717, 1.165) is 0 Å². The monoisotopic (exact) mass is 509 g/mol. The number of aromatic nitrogens is 4. The van der Waals surface area contributed by atoms with Crippen molar-refractivity contribution in [3.8, 4) is 11.3 Å². The Morgan fingerprint density at radius 1 is 0.971 bits per heavy atom. The van der Waals surface area contributed by atoms with Crippen LogP contribution in [-0.2, 0) is 0 Å². The maximum absolute atomic E-state index is 11.2. The van der Waals surface area contributed by atoms with Crippen molar-refractivity contribution < 1.29 is 18.9 Å². The molecule has 5 aromatic rings. The summed E-state index contributed by atoms with van der Waals surface area (Å²) < 4.78 is 10.4. The van der Waals surface area contributed by atoms with E-state index < -0.39 is 5.97 Å². The van der Waals surface area contributed by atoms with E-state index in [1.165, 1.54) is 18.3 Å². The van der Waals surface area contributed by atoms with Crippen molar-refractivity contribution in [1.29, 1.82) is 0 Å². The minimum atomic E-state index is -1.02. The number of carboxylic acids is 1. The van der Waals surface area contributed by atoms with Gasteiger partial charge in [-0.25, -0.2) is 14.4 Å². The van der Waals surface area contributed by atoms with Crippen LogP contribution in [-0.4, -0.2) is 37.6 Å². The minimum Gasteiger partial charge on any atom is -0.478 e. The van der Waals surface area contributed by atoms with E-state index in [1.54, 1.807) is 42.5 Å². The van der Waals surface area contributed by atoms with E-state index in [2.05, 4.69) is 36.1 Å². The van der Waals surface area contributed by atoms with Gasteiger partial charge in [0.2, 0.25) is 11.3 Å². The summed E-state index contributed by atoms with van der Waals surface area (Å²) in [6.07, 6.45) is 1.43. The van der Waals surface area contributed by atoms with E-state index in [1.807, 2.05) is 0 Å².